The van der Waals surface area contributed by atoms with Gasteiger partial charge in [0.15, 0.2) is 0 Å². The van der Waals surface area contributed by atoms with Crippen molar-refractivity contribution in [3.63, 3.8) is 0 Å². The lowest BCUT2D eigenvalue weighted by Gasteiger charge is -2.07. The zero-order valence-electron chi connectivity index (χ0n) is 8.74. The maximum Gasteiger partial charge on any atom is 0.129 e. The molecule has 0 atom stereocenters. The summed E-state index contributed by atoms with van der Waals surface area (Å²) in [6, 6.07) is 9.68. The Bertz CT molecular complexity index is 513. The molecule has 0 N–H and O–H groups in total. The standard InChI is InChI=1S/C11H9Br3N2O/c12-8-2-1-3-9(6-8)17-5-4-16-11(14)7-10(13)15-16/h1-3,6-7H,4-5H2. The molecular weight excluding hydrogens is 416 g/mol. The van der Waals surface area contributed by atoms with Crippen LogP contribution in [0.3, 0.4) is 0 Å². The highest BCUT2D eigenvalue weighted by molar-refractivity contribution is 9.11. The molecule has 2 aromatic rings. The largest absolute Gasteiger partial charge is 0.492 e. The molecule has 0 amide bonds. The second-order valence-electron chi connectivity index (χ2n) is 3.32. The Morgan fingerprint density at radius 1 is 1.18 bits per heavy atom. The Morgan fingerprint density at radius 3 is 2.65 bits per heavy atom. The number of hydrogen-bond acceptors (Lipinski definition) is 2. The third-order valence-corrected chi connectivity index (χ3v) is 3.59. The van der Waals surface area contributed by atoms with Gasteiger partial charge in [-0.3, -0.25) is 4.68 Å². The smallest absolute Gasteiger partial charge is 0.129 e. The van der Waals surface area contributed by atoms with Crippen LogP contribution in [0.4, 0.5) is 0 Å². The van der Waals surface area contributed by atoms with Crippen molar-refractivity contribution in [3.05, 3.63) is 44.0 Å². The minimum absolute atomic E-state index is 0.573. The van der Waals surface area contributed by atoms with Gasteiger partial charge >= 0.3 is 0 Å². The first-order valence-electron chi connectivity index (χ1n) is 4.92. The van der Waals surface area contributed by atoms with Crippen LogP contribution in [0.5, 0.6) is 5.75 Å². The fraction of sp³-hybridized carbons (Fsp3) is 0.182. The van der Waals surface area contributed by atoms with Crippen LogP contribution in [0.25, 0.3) is 0 Å². The summed E-state index contributed by atoms with van der Waals surface area (Å²) < 4.78 is 10.2. The lowest BCUT2D eigenvalue weighted by atomic mass is 10.3. The molecule has 0 aliphatic heterocycles. The molecule has 0 saturated heterocycles. The zero-order valence-corrected chi connectivity index (χ0v) is 13.5. The van der Waals surface area contributed by atoms with Gasteiger partial charge in [-0.05, 0) is 50.1 Å². The fourth-order valence-electron chi connectivity index (χ4n) is 1.33. The third kappa shape index (κ3) is 3.82. The summed E-state index contributed by atoms with van der Waals surface area (Å²) >= 11 is 10.1. The van der Waals surface area contributed by atoms with Crippen LogP contribution < -0.4 is 4.74 Å². The van der Waals surface area contributed by atoms with Crippen LogP contribution in [0.1, 0.15) is 0 Å². The maximum atomic E-state index is 5.63. The Morgan fingerprint density at radius 2 is 2.00 bits per heavy atom. The first kappa shape index (κ1) is 13.1. The molecule has 17 heavy (non-hydrogen) atoms. The summed E-state index contributed by atoms with van der Waals surface area (Å²) in [5, 5.41) is 4.26. The highest BCUT2D eigenvalue weighted by Crippen LogP contribution is 2.19. The van der Waals surface area contributed by atoms with E-state index in [0.717, 1.165) is 19.4 Å². The minimum atomic E-state index is 0.573. The van der Waals surface area contributed by atoms with Crippen molar-refractivity contribution < 1.29 is 4.74 Å². The second kappa shape index (κ2) is 6.02. The summed E-state index contributed by atoms with van der Waals surface area (Å²) in [6.45, 7) is 1.27. The third-order valence-electron chi connectivity index (χ3n) is 2.07. The fourth-order valence-corrected chi connectivity index (χ4v) is 2.90. The van der Waals surface area contributed by atoms with E-state index in [1.54, 1.807) is 0 Å². The summed E-state index contributed by atoms with van der Waals surface area (Å²) in [6.07, 6.45) is 0. The van der Waals surface area contributed by atoms with Crippen molar-refractivity contribution in [1.82, 2.24) is 9.78 Å². The van der Waals surface area contributed by atoms with Crippen LogP contribution >= 0.6 is 47.8 Å². The Labute approximate surface area is 125 Å². The lowest BCUT2D eigenvalue weighted by Crippen LogP contribution is -2.09. The van der Waals surface area contributed by atoms with Crippen LogP contribution in [0.15, 0.2) is 44.0 Å². The molecule has 0 unspecified atom stereocenters. The predicted octanol–water partition coefficient (Wildman–Crippen LogP) is 4.25. The van der Waals surface area contributed by atoms with E-state index >= 15 is 0 Å². The molecule has 1 aromatic carbocycles. The van der Waals surface area contributed by atoms with Crippen LogP contribution in [0, 0.1) is 0 Å². The summed E-state index contributed by atoms with van der Waals surface area (Å²) in [5.41, 5.74) is 0. The normalized spacial score (nSPS) is 10.5. The van der Waals surface area contributed by atoms with Crippen molar-refractivity contribution in [3.8, 4) is 5.75 Å². The number of rotatable bonds is 4. The topological polar surface area (TPSA) is 27.1 Å². The average molecular weight is 425 g/mol. The number of halogens is 3. The Kier molecular flexibility index (Phi) is 4.64. The number of aromatic nitrogens is 2. The van der Waals surface area contributed by atoms with Gasteiger partial charge in [0.25, 0.3) is 0 Å². The van der Waals surface area contributed by atoms with Crippen molar-refractivity contribution >= 4 is 47.8 Å². The van der Waals surface area contributed by atoms with E-state index in [0.29, 0.717) is 13.2 Å². The van der Waals surface area contributed by atoms with Gasteiger partial charge in [-0.25, -0.2) is 0 Å². The van der Waals surface area contributed by atoms with E-state index in [4.69, 9.17) is 4.74 Å². The molecule has 1 aromatic heterocycles. The van der Waals surface area contributed by atoms with E-state index in [1.165, 1.54) is 0 Å². The molecule has 0 fully saturated rings. The predicted molar refractivity (Wildman–Crippen MR) is 77.3 cm³/mol. The second-order valence-corrected chi connectivity index (χ2v) is 5.86. The molecule has 0 bridgehead atoms. The summed E-state index contributed by atoms with van der Waals surface area (Å²) in [4.78, 5) is 0. The first-order chi connectivity index (χ1) is 8.15. The van der Waals surface area contributed by atoms with Crippen molar-refractivity contribution in [1.29, 1.82) is 0 Å². The molecule has 1 heterocycles. The quantitative estimate of drug-likeness (QED) is 0.733. The van der Waals surface area contributed by atoms with Gasteiger partial charge in [-0.15, -0.1) is 0 Å². The molecule has 0 spiro atoms. The van der Waals surface area contributed by atoms with Crippen LogP contribution in [-0.2, 0) is 6.54 Å². The van der Waals surface area contributed by atoms with Crippen molar-refractivity contribution in [2.24, 2.45) is 0 Å². The van der Waals surface area contributed by atoms with Crippen LogP contribution in [0.2, 0.25) is 0 Å². The van der Waals surface area contributed by atoms with E-state index in [1.807, 2.05) is 35.0 Å². The van der Waals surface area contributed by atoms with E-state index in [2.05, 4.69) is 52.9 Å². The molecule has 0 aliphatic rings. The monoisotopic (exact) mass is 422 g/mol. The first-order valence-corrected chi connectivity index (χ1v) is 7.30. The lowest BCUT2D eigenvalue weighted by molar-refractivity contribution is 0.289. The van der Waals surface area contributed by atoms with E-state index in [9.17, 15) is 0 Å². The number of benzene rings is 1. The van der Waals surface area contributed by atoms with E-state index in [-0.39, 0.29) is 0 Å². The van der Waals surface area contributed by atoms with Gasteiger partial charge in [0.05, 0.1) is 6.54 Å². The zero-order chi connectivity index (χ0) is 12.3. The van der Waals surface area contributed by atoms with Gasteiger partial charge < -0.3 is 4.74 Å². The molecule has 0 radical (unpaired) electrons. The molecule has 3 nitrogen and oxygen atoms in total. The maximum absolute atomic E-state index is 5.63. The minimum Gasteiger partial charge on any atom is -0.492 e. The molecule has 90 valence electrons. The van der Waals surface area contributed by atoms with Gasteiger partial charge in [0, 0.05) is 10.5 Å². The molecular formula is C11H9Br3N2O. The van der Waals surface area contributed by atoms with Crippen molar-refractivity contribution in [2.45, 2.75) is 6.54 Å². The van der Waals surface area contributed by atoms with E-state index < -0.39 is 0 Å². The summed E-state index contributed by atoms with van der Waals surface area (Å²) in [5.74, 6) is 0.849. The Hall–Kier alpha value is -0.330. The SMILES string of the molecule is Brc1cccc(OCCn2nc(Br)cc2Br)c1. The highest BCUT2D eigenvalue weighted by Gasteiger charge is 2.03. The van der Waals surface area contributed by atoms with Gasteiger partial charge in [0.2, 0.25) is 0 Å². The van der Waals surface area contributed by atoms with Crippen molar-refractivity contribution in [2.75, 3.05) is 6.61 Å². The molecule has 6 heteroatoms. The number of ether oxygens (including phenoxy) is 1. The van der Waals surface area contributed by atoms with Gasteiger partial charge in [0.1, 0.15) is 21.6 Å². The van der Waals surface area contributed by atoms with Crippen LogP contribution in [-0.4, -0.2) is 16.4 Å². The summed E-state index contributed by atoms with van der Waals surface area (Å²) in [7, 11) is 0. The average Bonchev–Trinajstić information content (AvgIpc) is 2.58. The van der Waals surface area contributed by atoms with Gasteiger partial charge in [-0.1, -0.05) is 22.0 Å². The molecule has 0 saturated carbocycles. The number of hydrogen-bond donors (Lipinski definition) is 0. The molecule has 0 aliphatic carbocycles. The highest BCUT2D eigenvalue weighted by atomic mass is 79.9. The van der Waals surface area contributed by atoms with Gasteiger partial charge in [-0.2, -0.15) is 5.10 Å². The number of nitrogens with zero attached hydrogens (tertiary/aromatic N) is 2. The molecule has 2 rings (SSSR count). The Balaban J connectivity index is 1.89.